The highest BCUT2D eigenvalue weighted by Crippen LogP contribution is 2.34. The van der Waals surface area contributed by atoms with Gasteiger partial charge in [-0.3, -0.25) is 4.79 Å². The third kappa shape index (κ3) is 2.91. The molecule has 0 bridgehead atoms. The van der Waals surface area contributed by atoms with E-state index in [1.165, 1.54) is 0 Å². The Morgan fingerprint density at radius 3 is 2.18 bits per heavy atom. The smallest absolute Gasteiger partial charge is 0.313 e. The molecule has 0 aliphatic carbocycles. The molecule has 4 nitrogen and oxygen atoms in total. The number of methoxy groups -OCH3 is 2. The number of aliphatic carboxylic acids is 1. The molecule has 0 atom stereocenters. The fraction of sp³-hybridized carbons (Fsp3) is 0.278. The lowest BCUT2D eigenvalue weighted by atomic mass is 9.83. The van der Waals surface area contributed by atoms with Gasteiger partial charge in [0.25, 0.3) is 0 Å². The standard InChI is InChI=1S/C18H20O4/c1-18(2,17(19)20)14-7-5-6-12(10-14)13-8-9-15(21-3)16(11-13)22-4/h5-11H,1-4H3,(H,19,20). The fourth-order valence-electron chi connectivity index (χ4n) is 2.23. The SMILES string of the molecule is COc1ccc(-c2cccc(C(C)(C)C(=O)O)c2)cc1OC. The number of hydrogen-bond acceptors (Lipinski definition) is 3. The van der Waals surface area contributed by atoms with Crippen molar-refractivity contribution in [3.05, 3.63) is 48.0 Å². The molecule has 0 aliphatic rings. The lowest BCUT2D eigenvalue weighted by Crippen LogP contribution is -2.28. The summed E-state index contributed by atoms with van der Waals surface area (Å²) in [7, 11) is 3.18. The Labute approximate surface area is 130 Å². The van der Waals surface area contributed by atoms with E-state index in [1.807, 2.05) is 42.5 Å². The van der Waals surface area contributed by atoms with E-state index in [1.54, 1.807) is 28.1 Å². The monoisotopic (exact) mass is 300 g/mol. The molecule has 2 aromatic rings. The average Bonchev–Trinajstić information content (AvgIpc) is 2.54. The van der Waals surface area contributed by atoms with Gasteiger partial charge in [0.15, 0.2) is 11.5 Å². The molecule has 116 valence electrons. The van der Waals surface area contributed by atoms with E-state index in [-0.39, 0.29) is 0 Å². The van der Waals surface area contributed by atoms with Gasteiger partial charge < -0.3 is 14.6 Å². The predicted molar refractivity (Wildman–Crippen MR) is 85.6 cm³/mol. The summed E-state index contributed by atoms with van der Waals surface area (Å²) in [5.74, 6) is 0.452. The van der Waals surface area contributed by atoms with E-state index in [9.17, 15) is 9.90 Å². The minimum absolute atomic E-state index is 0.642. The Bertz CT molecular complexity index is 689. The first kappa shape index (κ1) is 15.9. The zero-order valence-electron chi connectivity index (χ0n) is 13.2. The quantitative estimate of drug-likeness (QED) is 0.914. The van der Waals surface area contributed by atoms with Gasteiger partial charge in [-0.2, -0.15) is 0 Å². The summed E-state index contributed by atoms with van der Waals surface area (Å²) in [4.78, 5) is 11.4. The number of carbonyl (C=O) groups is 1. The Balaban J connectivity index is 2.48. The van der Waals surface area contributed by atoms with Gasteiger partial charge in [0.05, 0.1) is 19.6 Å². The number of carboxylic acid groups (broad SMARTS) is 1. The Morgan fingerprint density at radius 2 is 1.59 bits per heavy atom. The summed E-state index contributed by atoms with van der Waals surface area (Å²) >= 11 is 0. The molecular weight excluding hydrogens is 280 g/mol. The maximum absolute atomic E-state index is 11.4. The second-order valence-corrected chi connectivity index (χ2v) is 5.58. The van der Waals surface area contributed by atoms with Crippen molar-refractivity contribution in [2.75, 3.05) is 14.2 Å². The van der Waals surface area contributed by atoms with Gasteiger partial charge in [0, 0.05) is 0 Å². The topological polar surface area (TPSA) is 55.8 Å². The molecule has 4 heteroatoms. The summed E-state index contributed by atoms with van der Waals surface area (Å²) in [6, 6.07) is 13.2. The molecule has 0 saturated carbocycles. The highest BCUT2D eigenvalue weighted by atomic mass is 16.5. The van der Waals surface area contributed by atoms with E-state index in [0.717, 1.165) is 16.7 Å². The van der Waals surface area contributed by atoms with E-state index in [2.05, 4.69) is 0 Å². The number of ether oxygens (including phenoxy) is 2. The molecule has 0 fully saturated rings. The van der Waals surface area contributed by atoms with Gasteiger partial charge in [0.1, 0.15) is 0 Å². The Morgan fingerprint density at radius 1 is 0.955 bits per heavy atom. The number of rotatable bonds is 5. The molecule has 0 unspecified atom stereocenters. The second kappa shape index (κ2) is 6.10. The van der Waals surface area contributed by atoms with Crippen molar-refractivity contribution >= 4 is 5.97 Å². The first-order chi connectivity index (χ1) is 10.4. The molecule has 0 aromatic heterocycles. The Kier molecular flexibility index (Phi) is 4.40. The molecule has 22 heavy (non-hydrogen) atoms. The summed E-state index contributed by atoms with van der Waals surface area (Å²) in [5, 5.41) is 9.37. The summed E-state index contributed by atoms with van der Waals surface area (Å²) in [5.41, 5.74) is 1.70. The number of benzene rings is 2. The summed E-state index contributed by atoms with van der Waals surface area (Å²) in [6.45, 7) is 3.39. The van der Waals surface area contributed by atoms with Crippen LogP contribution in [0.2, 0.25) is 0 Å². The number of hydrogen-bond donors (Lipinski definition) is 1. The summed E-state index contributed by atoms with van der Waals surface area (Å²) < 4.78 is 10.5. The maximum atomic E-state index is 11.4. The predicted octanol–water partition coefficient (Wildman–Crippen LogP) is 3.73. The highest BCUT2D eigenvalue weighted by Gasteiger charge is 2.29. The lowest BCUT2D eigenvalue weighted by molar-refractivity contribution is -0.142. The van der Waals surface area contributed by atoms with Crippen LogP contribution >= 0.6 is 0 Å². The fourth-order valence-corrected chi connectivity index (χ4v) is 2.23. The van der Waals surface area contributed by atoms with E-state index in [4.69, 9.17) is 9.47 Å². The molecule has 0 heterocycles. The van der Waals surface area contributed by atoms with Crippen LogP contribution in [0.25, 0.3) is 11.1 Å². The number of carboxylic acids is 1. The first-order valence-corrected chi connectivity index (χ1v) is 6.96. The molecule has 2 rings (SSSR count). The molecule has 1 N–H and O–H groups in total. The van der Waals surface area contributed by atoms with Crippen LogP contribution in [0.3, 0.4) is 0 Å². The van der Waals surface area contributed by atoms with Gasteiger partial charge in [-0.15, -0.1) is 0 Å². The van der Waals surface area contributed by atoms with Crippen molar-refractivity contribution in [1.82, 2.24) is 0 Å². The molecule has 0 aliphatic heterocycles. The zero-order valence-corrected chi connectivity index (χ0v) is 13.2. The normalized spacial score (nSPS) is 11.1. The van der Waals surface area contributed by atoms with Gasteiger partial charge in [-0.1, -0.05) is 30.3 Å². The minimum atomic E-state index is -0.938. The molecule has 0 spiro atoms. The second-order valence-electron chi connectivity index (χ2n) is 5.58. The maximum Gasteiger partial charge on any atom is 0.313 e. The third-order valence-electron chi connectivity index (χ3n) is 3.84. The Hall–Kier alpha value is -2.49. The van der Waals surface area contributed by atoms with Crippen molar-refractivity contribution in [3.63, 3.8) is 0 Å². The third-order valence-corrected chi connectivity index (χ3v) is 3.84. The highest BCUT2D eigenvalue weighted by molar-refractivity contribution is 5.81. The van der Waals surface area contributed by atoms with Crippen LogP contribution in [-0.4, -0.2) is 25.3 Å². The van der Waals surface area contributed by atoms with Crippen LogP contribution in [0.15, 0.2) is 42.5 Å². The van der Waals surface area contributed by atoms with Crippen LogP contribution in [0.4, 0.5) is 0 Å². The molecular formula is C18H20O4. The summed E-state index contributed by atoms with van der Waals surface area (Å²) in [6.07, 6.45) is 0. The van der Waals surface area contributed by atoms with Crippen LogP contribution in [0.1, 0.15) is 19.4 Å². The van der Waals surface area contributed by atoms with Crippen LogP contribution in [0.5, 0.6) is 11.5 Å². The average molecular weight is 300 g/mol. The van der Waals surface area contributed by atoms with Gasteiger partial charge in [-0.25, -0.2) is 0 Å². The van der Waals surface area contributed by atoms with Gasteiger partial charge in [-0.05, 0) is 42.7 Å². The largest absolute Gasteiger partial charge is 0.493 e. The van der Waals surface area contributed by atoms with E-state index in [0.29, 0.717) is 11.5 Å². The van der Waals surface area contributed by atoms with E-state index >= 15 is 0 Å². The zero-order chi connectivity index (χ0) is 16.3. The first-order valence-electron chi connectivity index (χ1n) is 6.96. The molecule has 0 amide bonds. The van der Waals surface area contributed by atoms with Crippen molar-refractivity contribution in [2.24, 2.45) is 0 Å². The molecule has 2 aromatic carbocycles. The molecule has 0 radical (unpaired) electrons. The van der Waals surface area contributed by atoms with Crippen molar-refractivity contribution in [1.29, 1.82) is 0 Å². The van der Waals surface area contributed by atoms with Crippen LogP contribution < -0.4 is 9.47 Å². The van der Waals surface area contributed by atoms with Crippen LogP contribution in [0, 0.1) is 0 Å². The van der Waals surface area contributed by atoms with E-state index < -0.39 is 11.4 Å². The molecule has 0 saturated heterocycles. The minimum Gasteiger partial charge on any atom is -0.493 e. The van der Waals surface area contributed by atoms with Gasteiger partial charge >= 0.3 is 5.97 Å². The lowest BCUT2D eigenvalue weighted by Gasteiger charge is -2.20. The van der Waals surface area contributed by atoms with Crippen molar-refractivity contribution < 1.29 is 19.4 Å². The van der Waals surface area contributed by atoms with Crippen LogP contribution in [-0.2, 0) is 10.2 Å². The van der Waals surface area contributed by atoms with Crippen molar-refractivity contribution in [2.45, 2.75) is 19.3 Å². The van der Waals surface area contributed by atoms with Crippen molar-refractivity contribution in [3.8, 4) is 22.6 Å². The van der Waals surface area contributed by atoms with Gasteiger partial charge in [0.2, 0.25) is 0 Å².